The summed E-state index contributed by atoms with van der Waals surface area (Å²) in [6.45, 7) is 10.9. The monoisotopic (exact) mass is 267 g/mol. The number of furan rings is 1. The third-order valence-electron chi connectivity index (χ3n) is 3.48. The van der Waals surface area contributed by atoms with Crippen LogP contribution >= 0.6 is 0 Å². The molecule has 1 rings (SSSR count). The summed E-state index contributed by atoms with van der Waals surface area (Å²) < 4.78 is 5.40. The lowest BCUT2D eigenvalue weighted by atomic mass is 10.2. The van der Waals surface area contributed by atoms with Crippen molar-refractivity contribution in [3.05, 3.63) is 24.2 Å². The van der Waals surface area contributed by atoms with Gasteiger partial charge in [-0.05, 0) is 46.6 Å². The van der Waals surface area contributed by atoms with Gasteiger partial charge in [0.25, 0.3) is 0 Å². The van der Waals surface area contributed by atoms with Gasteiger partial charge in [0, 0.05) is 25.7 Å². The van der Waals surface area contributed by atoms with E-state index in [9.17, 15) is 0 Å². The maximum Gasteiger partial charge on any atom is 0.120 e. The molecule has 2 atom stereocenters. The Morgan fingerprint density at radius 1 is 1.32 bits per heavy atom. The number of rotatable bonds is 9. The van der Waals surface area contributed by atoms with E-state index >= 15 is 0 Å². The second-order valence-electron chi connectivity index (χ2n) is 5.43. The minimum Gasteiger partial charge on any atom is -0.468 e. The summed E-state index contributed by atoms with van der Waals surface area (Å²) in [5.41, 5.74) is 0. The molecule has 2 unspecified atom stereocenters. The molecule has 0 aliphatic carbocycles. The third kappa shape index (κ3) is 5.76. The molecule has 110 valence electrons. The number of likely N-dealkylation sites (N-methyl/N-ethyl adjacent to an activating group) is 2. The van der Waals surface area contributed by atoms with Gasteiger partial charge in [0.15, 0.2) is 0 Å². The average Bonchev–Trinajstić information content (AvgIpc) is 2.87. The van der Waals surface area contributed by atoms with E-state index < -0.39 is 0 Å². The zero-order chi connectivity index (χ0) is 14.3. The van der Waals surface area contributed by atoms with Crippen molar-refractivity contribution in [2.24, 2.45) is 0 Å². The summed E-state index contributed by atoms with van der Waals surface area (Å²) in [6, 6.07) is 4.81. The third-order valence-corrected chi connectivity index (χ3v) is 3.48. The summed E-state index contributed by atoms with van der Waals surface area (Å²) >= 11 is 0. The summed E-state index contributed by atoms with van der Waals surface area (Å²) in [6.07, 6.45) is 1.73. The largest absolute Gasteiger partial charge is 0.468 e. The molecule has 1 heterocycles. The lowest BCUT2D eigenvalue weighted by Gasteiger charge is -2.30. The molecule has 1 aromatic rings. The summed E-state index contributed by atoms with van der Waals surface area (Å²) in [7, 11) is 4.25. The highest BCUT2D eigenvalue weighted by Crippen LogP contribution is 2.11. The molecule has 0 aliphatic heterocycles. The first-order valence-electron chi connectivity index (χ1n) is 7.20. The number of hydrogen-bond acceptors (Lipinski definition) is 4. The molecule has 19 heavy (non-hydrogen) atoms. The van der Waals surface area contributed by atoms with Gasteiger partial charge in [0.1, 0.15) is 5.76 Å². The van der Waals surface area contributed by atoms with Crippen LogP contribution in [0.5, 0.6) is 0 Å². The summed E-state index contributed by atoms with van der Waals surface area (Å²) in [5.74, 6) is 1.00. The maximum atomic E-state index is 5.40. The van der Waals surface area contributed by atoms with E-state index in [2.05, 4.69) is 50.0 Å². The van der Waals surface area contributed by atoms with Crippen LogP contribution in [0.1, 0.15) is 32.6 Å². The van der Waals surface area contributed by atoms with E-state index in [4.69, 9.17) is 4.42 Å². The van der Waals surface area contributed by atoms with Crippen LogP contribution in [0.3, 0.4) is 0 Å². The molecule has 0 spiro atoms. The average molecular weight is 267 g/mol. The molecule has 1 aromatic heterocycles. The SMILES string of the molecule is CCN(CCNC(C)c1ccco1)C(C)CN(C)C. The predicted molar refractivity (Wildman–Crippen MR) is 80.4 cm³/mol. The molecule has 0 aromatic carbocycles. The van der Waals surface area contributed by atoms with Gasteiger partial charge < -0.3 is 14.6 Å². The van der Waals surface area contributed by atoms with Gasteiger partial charge >= 0.3 is 0 Å². The van der Waals surface area contributed by atoms with E-state index in [1.165, 1.54) is 0 Å². The van der Waals surface area contributed by atoms with Crippen molar-refractivity contribution in [1.82, 2.24) is 15.1 Å². The molecule has 0 saturated carbocycles. The first-order chi connectivity index (χ1) is 9.04. The number of hydrogen-bond donors (Lipinski definition) is 1. The van der Waals surface area contributed by atoms with Crippen LogP contribution in [0, 0.1) is 0 Å². The highest BCUT2D eigenvalue weighted by Gasteiger charge is 2.13. The Morgan fingerprint density at radius 2 is 2.05 bits per heavy atom. The van der Waals surface area contributed by atoms with E-state index in [0.717, 1.165) is 31.9 Å². The van der Waals surface area contributed by atoms with Gasteiger partial charge in [-0.15, -0.1) is 0 Å². The lowest BCUT2D eigenvalue weighted by Crippen LogP contribution is -2.43. The standard InChI is InChI=1S/C15H29N3O/c1-6-18(13(2)12-17(4)5)10-9-16-14(3)15-8-7-11-19-15/h7-8,11,13-14,16H,6,9-10,12H2,1-5H3. The topological polar surface area (TPSA) is 31.6 Å². The van der Waals surface area contributed by atoms with Crippen LogP contribution in [0.15, 0.2) is 22.8 Å². The van der Waals surface area contributed by atoms with Crippen molar-refractivity contribution in [3.8, 4) is 0 Å². The van der Waals surface area contributed by atoms with E-state index in [1.54, 1.807) is 6.26 Å². The van der Waals surface area contributed by atoms with Crippen LogP contribution in [-0.2, 0) is 0 Å². The van der Waals surface area contributed by atoms with Crippen LogP contribution in [0.25, 0.3) is 0 Å². The molecule has 0 radical (unpaired) electrons. The highest BCUT2D eigenvalue weighted by molar-refractivity contribution is 5.02. The molecule has 0 bridgehead atoms. The van der Waals surface area contributed by atoms with Gasteiger partial charge in [-0.25, -0.2) is 0 Å². The first-order valence-corrected chi connectivity index (χ1v) is 7.20. The Kier molecular flexibility index (Phi) is 7.13. The minimum absolute atomic E-state index is 0.276. The van der Waals surface area contributed by atoms with Gasteiger partial charge in [-0.2, -0.15) is 0 Å². The van der Waals surface area contributed by atoms with Gasteiger partial charge in [0.2, 0.25) is 0 Å². The fraction of sp³-hybridized carbons (Fsp3) is 0.733. The maximum absolute atomic E-state index is 5.40. The smallest absolute Gasteiger partial charge is 0.120 e. The molecule has 0 amide bonds. The zero-order valence-corrected chi connectivity index (χ0v) is 13.0. The van der Waals surface area contributed by atoms with Crippen molar-refractivity contribution in [1.29, 1.82) is 0 Å². The predicted octanol–water partition coefficient (Wildman–Crippen LogP) is 2.20. The number of nitrogens with zero attached hydrogens (tertiary/aromatic N) is 2. The van der Waals surface area contributed by atoms with E-state index in [-0.39, 0.29) is 6.04 Å². The van der Waals surface area contributed by atoms with Crippen LogP contribution < -0.4 is 5.32 Å². The van der Waals surface area contributed by atoms with E-state index in [1.807, 2.05) is 12.1 Å². The van der Waals surface area contributed by atoms with Crippen LogP contribution in [0.4, 0.5) is 0 Å². The second-order valence-corrected chi connectivity index (χ2v) is 5.43. The molecule has 4 nitrogen and oxygen atoms in total. The molecule has 0 aliphatic rings. The quantitative estimate of drug-likeness (QED) is 0.743. The van der Waals surface area contributed by atoms with Crippen molar-refractivity contribution in [2.45, 2.75) is 32.9 Å². The Morgan fingerprint density at radius 3 is 2.58 bits per heavy atom. The lowest BCUT2D eigenvalue weighted by molar-refractivity contribution is 0.180. The van der Waals surface area contributed by atoms with Crippen molar-refractivity contribution in [2.75, 3.05) is 40.3 Å². The van der Waals surface area contributed by atoms with E-state index in [0.29, 0.717) is 6.04 Å². The van der Waals surface area contributed by atoms with Crippen molar-refractivity contribution >= 4 is 0 Å². The summed E-state index contributed by atoms with van der Waals surface area (Å²) in [5, 5.41) is 3.51. The van der Waals surface area contributed by atoms with Gasteiger partial charge in [-0.1, -0.05) is 6.92 Å². The molecule has 1 N–H and O–H groups in total. The molecular formula is C15H29N3O. The van der Waals surface area contributed by atoms with Gasteiger partial charge in [0.05, 0.1) is 12.3 Å². The normalized spacial score (nSPS) is 15.1. The zero-order valence-electron chi connectivity index (χ0n) is 13.0. The molecule has 0 saturated heterocycles. The number of nitrogens with one attached hydrogen (secondary N) is 1. The Bertz CT molecular complexity index is 324. The Hall–Kier alpha value is -0.840. The fourth-order valence-electron chi connectivity index (χ4n) is 2.40. The highest BCUT2D eigenvalue weighted by atomic mass is 16.3. The fourth-order valence-corrected chi connectivity index (χ4v) is 2.40. The van der Waals surface area contributed by atoms with Crippen molar-refractivity contribution < 1.29 is 4.42 Å². The minimum atomic E-state index is 0.276. The second kappa shape index (κ2) is 8.35. The van der Waals surface area contributed by atoms with Gasteiger partial charge in [-0.3, -0.25) is 4.90 Å². The Balaban J connectivity index is 2.29. The van der Waals surface area contributed by atoms with Crippen LogP contribution in [0.2, 0.25) is 0 Å². The molecular weight excluding hydrogens is 238 g/mol. The summed E-state index contributed by atoms with van der Waals surface area (Å²) in [4.78, 5) is 4.74. The first kappa shape index (κ1) is 16.2. The Labute approximate surface area is 117 Å². The van der Waals surface area contributed by atoms with Crippen LogP contribution in [-0.4, -0.2) is 56.1 Å². The van der Waals surface area contributed by atoms with Crippen molar-refractivity contribution in [3.63, 3.8) is 0 Å². The molecule has 4 heteroatoms. The molecule has 0 fully saturated rings.